The molecule has 1 fully saturated rings. The van der Waals surface area contributed by atoms with Crippen molar-refractivity contribution in [2.75, 3.05) is 18.6 Å². The molecule has 100 valence electrons. The average Bonchev–Trinajstić information content (AvgIpc) is 2.24. The minimum atomic E-state index is -0.381. The highest BCUT2D eigenvalue weighted by Crippen LogP contribution is 2.23. The van der Waals surface area contributed by atoms with Gasteiger partial charge in [0.1, 0.15) is 0 Å². The summed E-state index contributed by atoms with van der Waals surface area (Å²) in [4.78, 5) is 11.8. The van der Waals surface area contributed by atoms with Gasteiger partial charge >= 0.3 is 0 Å². The van der Waals surface area contributed by atoms with E-state index in [4.69, 9.17) is 10.5 Å². The summed E-state index contributed by atoms with van der Waals surface area (Å²) in [6, 6.07) is -0.181. The highest BCUT2D eigenvalue weighted by molar-refractivity contribution is 7.98. The molecule has 1 unspecified atom stereocenters. The Hall–Kier alpha value is -0.260. The van der Waals surface area contributed by atoms with E-state index in [9.17, 15) is 4.79 Å². The molecule has 0 radical (unpaired) electrons. The van der Waals surface area contributed by atoms with Gasteiger partial charge in [-0.05, 0) is 45.1 Å². The van der Waals surface area contributed by atoms with Crippen LogP contribution in [0.3, 0.4) is 0 Å². The number of nitrogens with two attached hydrogens (primary N) is 1. The van der Waals surface area contributed by atoms with E-state index in [-0.39, 0.29) is 23.6 Å². The van der Waals surface area contributed by atoms with E-state index < -0.39 is 0 Å². The molecule has 0 aliphatic carbocycles. The van der Waals surface area contributed by atoms with Gasteiger partial charge in [-0.1, -0.05) is 0 Å². The van der Waals surface area contributed by atoms with Crippen molar-refractivity contribution in [2.45, 2.75) is 50.8 Å². The predicted molar refractivity (Wildman–Crippen MR) is 72.2 cm³/mol. The molecule has 0 bridgehead atoms. The fraction of sp³-hybridized carbons (Fsp3) is 0.917. The summed E-state index contributed by atoms with van der Waals surface area (Å²) in [7, 11) is 0. The summed E-state index contributed by atoms with van der Waals surface area (Å²) < 4.78 is 5.62. The van der Waals surface area contributed by atoms with E-state index in [0.29, 0.717) is 6.61 Å². The summed E-state index contributed by atoms with van der Waals surface area (Å²) in [5, 5.41) is 3.03. The monoisotopic (exact) mass is 260 g/mol. The standard InChI is InChI=1S/C12H24N2O2S/c1-12(2)8-9(4-6-16-12)14-11(15)10(13)5-7-17-3/h9-10H,4-8,13H2,1-3H3,(H,14,15)/t9?,10-/m0/s1. The first-order chi connectivity index (χ1) is 7.94. The largest absolute Gasteiger partial charge is 0.375 e. The van der Waals surface area contributed by atoms with Crippen LogP contribution in [-0.4, -0.2) is 42.2 Å². The van der Waals surface area contributed by atoms with Gasteiger partial charge in [0.15, 0.2) is 0 Å². The van der Waals surface area contributed by atoms with E-state index in [1.807, 2.05) is 6.26 Å². The van der Waals surface area contributed by atoms with Gasteiger partial charge in [0.05, 0.1) is 11.6 Å². The van der Waals surface area contributed by atoms with Gasteiger partial charge in [-0.15, -0.1) is 0 Å². The summed E-state index contributed by atoms with van der Waals surface area (Å²) in [6.45, 7) is 4.82. The third kappa shape index (κ3) is 5.27. The molecule has 1 aliphatic heterocycles. The SMILES string of the molecule is CSCC[C@H](N)C(=O)NC1CCOC(C)(C)C1. The van der Waals surface area contributed by atoms with Crippen LogP contribution in [0.15, 0.2) is 0 Å². The molecular formula is C12H24N2O2S. The Kier molecular flexibility index (Phi) is 5.76. The van der Waals surface area contributed by atoms with Gasteiger partial charge in [-0.2, -0.15) is 11.8 Å². The molecule has 0 saturated carbocycles. The Labute approximate surface area is 108 Å². The van der Waals surface area contributed by atoms with E-state index >= 15 is 0 Å². The molecular weight excluding hydrogens is 236 g/mol. The Morgan fingerprint density at radius 2 is 2.35 bits per heavy atom. The maximum atomic E-state index is 11.8. The molecule has 0 aromatic heterocycles. The first kappa shape index (κ1) is 14.8. The van der Waals surface area contributed by atoms with Gasteiger partial charge in [0.2, 0.25) is 5.91 Å². The molecule has 2 atom stereocenters. The molecule has 1 aliphatic rings. The third-order valence-corrected chi connectivity index (χ3v) is 3.66. The summed E-state index contributed by atoms with van der Waals surface area (Å²) in [6.07, 6.45) is 4.49. The van der Waals surface area contributed by atoms with Crippen molar-refractivity contribution < 1.29 is 9.53 Å². The van der Waals surface area contributed by atoms with E-state index in [0.717, 1.165) is 25.0 Å². The van der Waals surface area contributed by atoms with E-state index in [2.05, 4.69) is 19.2 Å². The predicted octanol–water partition coefficient (Wildman–Crippen LogP) is 1.14. The Bertz CT molecular complexity index is 259. The number of carbonyl (C=O) groups excluding carboxylic acids is 1. The van der Waals surface area contributed by atoms with Crippen molar-refractivity contribution in [3.05, 3.63) is 0 Å². The minimum Gasteiger partial charge on any atom is -0.375 e. The van der Waals surface area contributed by atoms with Crippen LogP contribution in [0.2, 0.25) is 0 Å². The lowest BCUT2D eigenvalue weighted by molar-refractivity contribution is -0.125. The first-order valence-electron chi connectivity index (χ1n) is 6.13. The van der Waals surface area contributed by atoms with Crippen LogP contribution in [0.5, 0.6) is 0 Å². The average molecular weight is 260 g/mol. The van der Waals surface area contributed by atoms with Crippen LogP contribution < -0.4 is 11.1 Å². The fourth-order valence-electron chi connectivity index (χ4n) is 2.04. The number of hydrogen-bond acceptors (Lipinski definition) is 4. The molecule has 0 spiro atoms. The summed E-state index contributed by atoms with van der Waals surface area (Å²) in [5.41, 5.74) is 5.69. The van der Waals surface area contributed by atoms with Crippen molar-refractivity contribution in [3.63, 3.8) is 0 Å². The minimum absolute atomic E-state index is 0.0262. The second-order valence-electron chi connectivity index (χ2n) is 5.19. The molecule has 1 saturated heterocycles. The van der Waals surface area contributed by atoms with E-state index in [1.54, 1.807) is 11.8 Å². The fourth-order valence-corrected chi connectivity index (χ4v) is 2.53. The topological polar surface area (TPSA) is 64.4 Å². The second-order valence-corrected chi connectivity index (χ2v) is 6.18. The summed E-state index contributed by atoms with van der Waals surface area (Å²) in [5.74, 6) is 0.898. The lowest BCUT2D eigenvalue weighted by atomic mass is 9.93. The molecule has 0 aromatic carbocycles. The van der Waals surface area contributed by atoms with Gasteiger partial charge in [-0.25, -0.2) is 0 Å². The van der Waals surface area contributed by atoms with Gasteiger partial charge in [0.25, 0.3) is 0 Å². The van der Waals surface area contributed by atoms with Crippen LogP contribution in [-0.2, 0) is 9.53 Å². The number of hydrogen-bond donors (Lipinski definition) is 2. The van der Waals surface area contributed by atoms with Gasteiger partial charge in [0, 0.05) is 12.6 Å². The van der Waals surface area contributed by atoms with Crippen LogP contribution in [0.1, 0.15) is 33.1 Å². The maximum absolute atomic E-state index is 11.8. The Morgan fingerprint density at radius 1 is 1.65 bits per heavy atom. The van der Waals surface area contributed by atoms with Crippen molar-refractivity contribution in [1.82, 2.24) is 5.32 Å². The molecule has 1 heterocycles. The first-order valence-corrected chi connectivity index (χ1v) is 7.53. The smallest absolute Gasteiger partial charge is 0.237 e. The number of carbonyl (C=O) groups is 1. The highest BCUT2D eigenvalue weighted by Gasteiger charge is 2.30. The molecule has 4 nitrogen and oxygen atoms in total. The molecule has 0 aromatic rings. The maximum Gasteiger partial charge on any atom is 0.237 e. The number of nitrogens with one attached hydrogen (secondary N) is 1. The third-order valence-electron chi connectivity index (χ3n) is 3.01. The van der Waals surface area contributed by atoms with Crippen molar-refractivity contribution in [1.29, 1.82) is 0 Å². The normalized spacial score (nSPS) is 25.3. The van der Waals surface area contributed by atoms with Crippen LogP contribution in [0.25, 0.3) is 0 Å². The molecule has 3 N–H and O–H groups in total. The zero-order valence-electron chi connectivity index (χ0n) is 11.0. The van der Waals surface area contributed by atoms with Crippen LogP contribution in [0.4, 0.5) is 0 Å². The van der Waals surface area contributed by atoms with Crippen LogP contribution in [0, 0.1) is 0 Å². The molecule has 1 rings (SSSR count). The zero-order chi connectivity index (χ0) is 12.9. The number of rotatable bonds is 5. The highest BCUT2D eigenvalue weighted by atomic mass is 32.2. The summed E-state index contributed by atoms with van der Waals surface area (Å²) >= 11 is 1.71. The Balaban J connectivity index is 2.35. The number of amides is 1. The van der Waals surface area contributed by atoms with Crippen molar-refractivity contribution >= 4 is 17.7 Å². The molecule has 5 heteroatoms. The van der Waals surface area contributed by atoms with Crippen LogP contribution >= 0.6 is 11.8 Å². The number of ether oxygens (including phenoxy) is 1. The lowest BCUT2D eigenvalue weighted by Crippen LogP contribution is -2.50. The Morgan fingerprint density at radius 3 is 2.94 bits per heavy atom. The lowest BCUT2D eigenvalue weighted by Gasteiger charge is -2.36. The number of thioether (sulfide) groups is 1. The van der Waals surface area contributed by atoms with E-state index in [1.165, 1.54) is 0 Å². The second kappa shape index (κ2) is 6.61. The van der Waals surface area contributed by atoms with Crippen molar-refractivity contribution in [2.24, 2.45) is 5.73 Å². The van der Waals surface area contributed by atoms with Crippen molar-refractivity contribution in [3.8, 4) is 0 Å². The molecule has 1 amide bonds. The van der Waals surface area contributed by atoms with Gasteiger partial charge < -0.3 is 15.8 Å². The van der Waals surface area contributed by atoms with Gasteiger partial charge in [-0.3, -0.25) is 4.79 Å². The quantitative estimate of drug-likeness (QED) is 0.778. The zero-order valence-corrected chi connectivity index (χ0v) is 11.8. The molecule has 17 heavy (non-hydrogen) atoms.